The lowest BCUT2D eigenvalue weighted by Crippen LogP contribution is -2.29. The molecule has 0 bridgehead atoms. The topological polar surface area (TPSA) is 88.1 Å². The monoisotopic (exact) mass is 311 g/mol. The zero-order chi connectivity index (χ0) is 13.4. The Labute approximate surface area is 114 Å². The normalized spacial score (nSPS) is 9.61. The summed E-state index contributed by atoms with van der Waals surface area (Å²) in [5.74, 6) is 0.261. The molecule has 0 aliphatic carbocycles. The van der Waals surface area contributed by atoms with Crippen LogP contribution >= 0.6 is 15.9 Å². The number of nitrogens with zero attached hydrogens (tertiary/aromatic N) is 1. The maximum absolute atomic E-state index is 11.2. The van der Waals surface area contributed by atoms with Crippen LogP contribution in [0.15, 0.2) is 22.7 Å². The van der Waals surface area contributed by atoms with Gasteiger partial charge in [-0.25, -0.2) is 0 Å². The molecule has 0 saturated carbocycles. The average molecular weight is 312 g/mol. The minimum atomic E-state index is -0.325. The third kappa shape index (κ3) is 4.73. The third-order valence-corrected chi connectivity index (χ3v) is 2.77. The van der Waals surface area contributed by atoms with Crippen molar-refractivity contribution in [1.29, 1.82) is 5.26 Å². The Morgan fingerprint density at radius 2 is 2.33 bits per heavy atom. The largest absolute Gasteiger partial charge is 0.483 e. The predicted octanol–water partition coefficient (Wildman–Crippen LogP) is 0.969. The van der Waals surface area contributed by atoms with Gasteiger partial charge in [-0.05, 0) is 46.6 Å². The first-order valence-corrected chi connectivity index (χ1v) is 6.21. The fourth-order valence-electron chi connectivity index (χ4n) is 1.32. The van der Waals surface area contributed by atoms with Crippen molar-refractivity contribution < 1.29 is 9.53 Å². The van der Waals surface area contributed by atoms with Crippen LogP contribution in [0.3, 0.4) is 0 Å². The zero-order valence-electron chi connectivity index (χ0n) is 9.78. The first kappa shape index (κ1) is 14.5. The summed E-state index contributed by atoms with van der Waals surface area (Å²) in [5.41, 5.74) is 6.57. The fourth-order valence-corrected chi connectivity index (χ4v) is 1.86. The number of hydrogen-bond donors (Lipinski definition) is 2. The van der Waals surface area contributed by atoms with E-state index in [2.05, 4.69) is 21.2 Å². The van der Waals surface area contributed by atoms with E-state index in [1.807, 2.05) is 18.2 Å². The lowest BCUT2D eigenvalue weighted by atomic mass is 10.1. The lowest BCUT2D eigenvalue weighted by Gasteiger charge is -2.09. The van der Waals surface area contributed by atoms with E-state index < -0.39 is 0 Å². The molecule has 96 valence electrons. The van der Waals surface area contributed by atoms with Gasteiger partial charge >= 0.3 is 0 Å². The van der Waals surface area contributed by atoms with Gasteiger partial charge in [0.05, 0.1) is 10.5 Å². The Morgan fingerprint density at radius 3 is 2.94 bits per heavy atom. The van der Waals surface area contributed by atoms with Crippen LogP contribution in [0.25, 0.3) is 0 Å². The maximum Gasteiger partial charge on any atom is 0.258 e. The van der Waals surface area contributed by atoms with Crippen molar-refractivity contribution in [1.82, 2.24) is 5.32 Å². The van der Waals surface area contributed by atoms with Crippen molar-refractivity contribution in [3.8, 4) is 11.8 Å². The van der Waals surface area contributed by atoms with Crippen molar-refractivity contribution in [2.75, 3.05) is 19.7 Å². The highest BCUT2D eigenvalue weighted by Gasteiger charge is 2.05. The van der Waals surface area contributed by atoms with Crippen LogP contribution in [-0.4, -0.2) is 25.6 Å². The summed E-state index contributed by atoms with van der Waals surface area (Å²) in [4.78, 5) is 11.2. The number of nitrogens with two attached hydrogens (primary N) is 1. The van der Waals surface area contributed by atoms with Gasteiger partial charge in [-0.1, -0.05) is 6.07 Å². The molecule has 1 amide bonds. The van der Waals surface area contributed by atoms with E-state index in [1.165, 1.54) is 0 Å². The molecule has 0 unspecified atom stereocenters. The third-order valence-electron chi connectivity index (χ3n) is 2.15. The number of amides is 1. The van der Waals surface area contributed by atoms with E-state index in [9.17, 15) is 4.79 Å². The molecule has 0 saturated heterocycles. The summed E-state index contributed by atoms with van der Waals surface area (Å²) in [5, 5.41) is 10.7. The number of halogens is 1. The molecule has 3 N–H and O–H groups in total. The quantitative estimate of drug-likeness (QED) is 0.766. The number of rotatable bonds is 6. The second-order valence-corrected chi connectivity index (χ2v) is 4.38. The van der Waals surface area contributed by atoms with Crippen molar-refractivity contribution >= 4 is 21.8 Å². The average Bonchev–Trinajstić information content (AvgIpc) is 2.35. The van der Waals surface area contributed by atoms with Gasteiger partial charge < -0.3 is 15.8 Å². The Morgan fingerprint density at radius 1 is 1.56 bits per heavy atom. The molecular formula is C12H14BrN3O2. The van der Waals surface area contributed by atoms with E-state index in [1.54, 1.807) is 6.07 Å². The van der Waals surface area contributed by atoms with Crippen LogP contribution in [0.2, 0.25) is 0 Å². The molecule has 0 radical (unpaired) electrons. The highest BCUT2D eigenvalue weighted by molar-refractivity contribution is 9.10. The molecule has 0 atom stereocenters. The summed E-state index contributed by atoms with van der Waals surface area (Å²) < 4.78 is 6.11. The first-order chi connectivity index (χ1) is 8.67. The minimum Gasteiger partial charge on any atom is -0.483 e. The summed E-state index contributed by atoms with van der Waals surface area (Å²) in [6, 6.07) is 7.42. The highest BCUT2D eigenvalue weighted by atomic mass is 79.9. The van der Waals surface area contributed by atoms with E-state index in [4.69, 9.17) is 15.7 Å². The van der Waals surface area contributed by atoms with Crippen molar-refractivity contribution in [3.05, 3.63) is 28.2 Å². The number of nitriles is 1. The molecule has 1 aromatic carbocycles. The Hall–Kier alpha value is -1.58. The Bertz CT molecular complexity index is 457. The van der Waals surface area contributed by atoms with Gasteiger partial charge in [0.25, 0.3) is 5.91 Å². The molecule has 0 fully saturated rings. The van der Waals surface area contributed by atoms with Crippen LogP contribution in [0, 0.1) is 11.3 Å². The molecule has 1 aromatic rings. The zero-order valence-corrected chi connectivity index (χ0v) is 11.4. The van der Waals surface area contributed by atoms with Crippen LogP contribution < -0.4 is 15.8 Å². The van der Waals surface area contributed by atoms with Crippen LogP contribution in [0.1, 0.15) is 5.56 Å². The van der Waals surface area contributed by atoms with Crippen LogP contribution in [-0.2, 0) is 11.2 Å². The number of benzene rings is 1. The molecular weight excluding hydrogens is 298 g/mol. The van der Waals surface area contributed by atoms with E-state index in [-0.39, 0.29) is 19.1 Å². The lowest BCUT2D eigenvalue weighted by molar-refractivity contribution is -0.122. The fraction of sp³-hybridized carbons (Fsp3) is 0.333. The SMILES string of the molecule is N#CCNC(=O)COc1ccc(CCN)cc1Br. The molecule has 18 heavy (non-hydrogen) atoms. The van der Waals surface area contributed by atoms with Gasteiger partial charge in [-0.2, -0.15) is 5.26 Å². The van der Waals surface area contributed by atoms with Gasteiger partial charge in [-0.15, -0.1) is 0 Å². The summed E-state index contributed by atoms with van der Waals surface area (Å²) in [7, 11) is 0. The molecule has 0 heterocycles. The number of carbonyl (C=O) groups is 1. The van der Waals surface area contributed by atoms with Gasteiger partial charge in [0, 0.05) is 0 Å². The van der Waals surface area contributed by atoms with Gasteiger partial charge in [-0.3, -0.25) is 4.79 Å². The Balaban J connectivity index is 2.52. The van der Waals surface area contributed by atoms with Gasteiger partial charge in [0.1, 0.15) is 12.3 Å². The van der Waals surface area contributed by atoms with Crippen LogP contribution in [0.5, 0.6) is 5.75 Å². The molecule has 5 nitrogen and oxygen atoms in total. The number of nitrogens with one attached hydrogen (secondary N) is 1. The van der Waals surface area contributed by atoms with Crippen molar-refractivity contribution in [2.24, 2.45) is 5.73 Å². The Kier molecular flexibility index (Phi) is 6.19. The molecule has 0 aromatic heterocycles. The summed E-state index contributed by atoms with van der Waals surface area (Å²) in [6.07, 6.45) is 0.793. The second kappa shape index (κ2) is 7.69. The van der Waals surface area contributed by atoms with Gasteiger partial charge in [0.15, 0.2) is 6.61 Å². The number of ether oxygens (including phenoxy) is 1. The molecule has 1 rings (SSSR count). The molecule has 6 heteroatoms. The summed E-state index contributed by atoms with van der Waals surface area (Å²) >= 11 is 3.37. The summed E-state index contributed by atoms with van der Waals surface area (Å²) in [6.45, 7) is 0.457. The standard InChI is InChI=1S/C12H14BrN3O2/c13-10-7-9(3-4-14)1-2-11(10)18-8-12(17)16-6-5-15/h1-2,7H,3-4,6,8,14H2,(H,16,17). The number of carbonyl (C=O) groups excluding carboxylic acids is 1. The van der Waals surface area contributed by atoms with E-state index >= 15 is 0 Å². The van der Waals surface area contributed by atoms with Crippen molar-refractivity contribution in [2.45, 2.75) is 6.42 Å². The van der Waals surface area contributed by atoms with Gasteiger partial charge in [0.2, 0.25) is 0 Å². The molecule has 0 aliphatic heterocycles. The van der Waals surface area contributed by atoms with E-state index in [0.29, 0.717) is 12.3 Å². The molecule has 0 spiro atoms. The predicted molar refractivity (Wildman–Crippen MR) is 71.0 cm³/mol. The first-order valence-electron chi connectivity index (χ1n) is 5.42. The molecule has 0 aliphatic rings. The minimum absolute atomic E-state index is 0.0151. The van der Waals surface area contributed by atoms with Crippen LogP contribution in [0.4, 0.5) is 0 Å². The smallest absolute Gasteiger partial charge is 0.258 e. The number of hydrogen-bond acceptors (Lipinski definition) is 4. The highest BCUT2D eigenvalue weighted by Crippen LogP contribution is 2.26. The second-order valence-electron chi connectivity index (χ2n) is 3.53. The maximum atomic E-state index is 11.2. The van der Waals surface area contributed by atoms with E-state index in [0.717, 1.165) is 16.5 Å². The van der Waals surface area contributed by atoms with Crippen molar-refractivity contribution in [3.63, 3.8) is 0 Å².